The number of anilines is 1. The average Bonchev–Trinajstić information content (AvgIpc) is 3.04. The fourth-order valence-corrected chi connectivity index (χ4v) is 2.13. The number of halogens is 2. The molecule has 0 bridgehead atoms. The van der Waals surface area contributed by atoms with E-state index in [1.807, 2.05) is 12.3 Å². The molecule has 3 rings (SSSR count). The van der Waals surface area contributed by atoms with Crippen LogP contribution in [0.2, 0.25) is 0 Å². The maximum absolute atomic E-state index is 13.5. The van der Waals surface area contributed by atoms with Gasteiger partial charge in [0.25, 0.3) is 5.91 Å². The van der Waals surface area contributed by atoms with E-state index in [1.165, 1.54) is 6.07 Å². The first-order valence-corrected chi connectivity index (χ1v) is 6.94. The van der Waals surface area contributed by atoms with Gasteiger partial charge in [-0.25, -0.2) is 8.78 Å². The summed E-state index contributed by atoms with van der Waals surface area (Å²) in [5.41, 5.74) is 1.31. The summed E-state index contributed by atoms with van der Waals surface area (Å²) in [4.78, 5) is 12.1. The molecule has 0 fully saturated rings. The van der Waals surface area contributed by atoms with Crippen molar-refractivity contribution in [2.75, 3.05) is 5.32 Å². The van der Waals surface area contributed by atoms with Gasteiger partial charge < -0.3 is 5.32 Å². The summed E-state index contributed by atoms with van der Waals surface area (Å²) >= 11 is 0. The number of amides is 1. The van der Waals surface area contributed by atoms with Crippen molar-refractivity contribution in [3.05, 3.63) is 83.7 Å². The molecule has 116 valence electrons. The predicted octanol–water partition coefficient (Wildman–Crippen LogP) is 3.46. The van der Waals surface area contributed by atoms with Gasteiger partial charge in [0, 0.05) is 24.0 Å². The largest absolute Gasteiger partial charge is 0.319 e. The van der Waals surface area contributed by atoms with E-state index in [2.05, 4.69) is 10.4 Å². The second kappa shape index (κ2) is 6.39. The van der Waals surface area contributed by atoms with Gasteiger partial charge in [0.15, 0.2) is 0 Å². The number of nitrogens with zero attached hydrogens (tertiary/aromatic N) is 2. The van der Waals surface area contributed by atoms with Crippen molar-refractivity contribution < 1.29 is 13.6 Å². The highest BCUT2D eigenvalue weighted by Gasteiger charge is 2.10. The van der Waals surface area contributed by atoms with Crippen molar-refractivity contribution >= 4 is 11.6 Å². The van der Waals surface area contributed by atoms with Crippen LogP contribution < -0.4 is 5.32 Å². The molecule has 0 atom stereocenters. The van der Waals surface area contributed by atoms with Crippen LogP contribution in [0, 0.1) is 11.6 Å². The summed E-state index contributed by atoms with van der Waals surface area (Å²) in [5, 5.41) is 6.53. The zero-order valence-electron chi connectivity index (χ0n) is 12.0. The maximum Gasteiger partial charge on any atom is 0.255 e. The van der Waals surface area contributed by atoms with Gasteiger partial charge >= 0.3 is 0 Å². The van der Waals surface area contributed by atoms with Crippen molar-refractivity contribution in [1.29, 1.82) is 0 Å². The number of carbonyl (C=O) groups excluding carboxylic acids is 1. The van der Waals surface area contributed by atoms with E-state index in [0.717, 1.165) is 17.7 Å². The van der Waals surface area contributed by atoms with E-state index in [0.29, 0.717) is 12.1 Å². The molecular weight excluding hydrogens is 300 g/mol. The molecule has 0 saturated carbocycles. The molecule has 0 aliphatic heterocycles. The molecule has 3 aromatic rings. The van der Waals surface area contributed by atoms with E-state index < -0.39 is 17.5 Å². The molecule has 6 heteroatoms. The predicted molar refractivity (Wildman–Crippen MR) is 82.1 cm³/mol. The van der Waals surface area contributed by atoms with Gasteiger partial charge in [-0.15, -0.1) is 0 Å². The fourth-order valence-electron chi connectivity index (χ4n) is 2.13. The highest BCUT2D eigenvalue weighted by Crippen LogP contribution is 2.16. The number of hydrogen-bond acceptors (Lipinski definition) is 2. The summed E-state index contributed by atoms with van der Waals surface area (Å²) in [6, 6.07) is 11.7. The first-order chi connectivity index (χ1) is 11.1. The second-order valence-electron chi connectivity index (χ2n) is 4.98. The quantitative estimate of drug-likeness (QED) is 0.802. The first-order valence-electron chi connectivity index (χ1n) is 6.94. The molecule has 0 radical (unpaired) electrons. The molecule has 0 aliphatic carbocycles. The zero-order chi connectivity index (χ0) is 16.2. The van der Waals surface area contributed by atoms with Crippen molar-refractivity contribution in [3.8, 4) is 0 Å². The molecule has 1 amide bonds. The topological polar surface area (TPSA) is 46.9 Å². The van der Waals surface area contributed by atoms with Gasteiger partial charge in [0.1, 0.15) is 11.6 Å². The Hall–Kier alpha value is -3.02. The molecule has 1 N–H and O–H groups in total. The SMILES string of the molecule is O=C(Nc1ccc(F)cc1F)c1ccc(Cn2cccn2)cc1. The summed E-state index contributed by atoms with van der Waals surface area (Å²) in [6.45, 7) is 0.599. The normalized spacial score (nSPS) is 10.5. The number of hydrogen-bond donors (Lipinski definition) is 1. The molecule has 4 nitrogen and oxygen atoms in total. The Bertz CT molecular complexity index is 814. The lowest BCUT2D eigenvalue weighted by atomic mass is 10.1. The van der Waals surface area contributed by atoms with Crippen molar-refractivity contribution in [2.24, 2.45) is 0 Å². The van der Waals surface area contributed by atoms with Gasteiger partial charge in [-0.1, -0.05) is 12.1 Å². The zero-order valence-corrected chi connectivity index (χ0v) is 12.0. The third kappa shape index (κ3) is 3.60. The Labute approximate surface area is 131 Å². The molecule has 0 unspecified atom stereocenters. The Balaban J connectivity index is 1.70. The molecule has 0 saturated heterocycles. The van der Waals surface area contributed by atoms with Crippen LogP contribution in [0.1, 0.15) is 15.9 Å². The van der Waals surface area contributed by atoms with Gasteiger partial charge in [-0.05, 0) is 35.9 Å². The summed E-state index contributed by atoms with van der Waals surface area (Å²) in [7, 11) is 0. The molecular formula is C17H13F2N3O. The van der Waals surface area contributed by atoms with Crippen LogP contribution in [0.4, 0.5) is 14.5 Å². The van der Waals surface area contributed by atoms with E-state index in [9.17, 15) is 13.6 Å². The first kappa shape index (κ1) is 14.9. The number of aromatic nitrogens is 2. The molecule has 23 heavy (non-hydrogen) atoms. The fraction of sp³-hybridized carbons (Fsp3) is 0.0588. The minimum absolute atomic E-state index is 0.0583. The van der Waals surface area contributed by atoms with Crippen molar-refractivity contribution in [1.82, 2.24) is 9.78 Å². The van der Waals surface area contributed by atoms with Crippen LogP contribution in [0.5, 0.6) is 0 Å². The third-order valence-corrected chi connectivity index (χ3v) is 3.30. The Morgan fingerprint density at radius 1 is 1.13 bits per heavy atom. The molecule has 0 aliphatic rings. The van der Waals surface area contributed by atoms with Gasteiger partial charge in [0.2, 0.25) is 0 Å². The van der Waals surface area contributed by atoms with Crippen LogP contribution >= 0.6 is 0 Å². The monoisotopic (exact) mass is 313 g/mol. The van der Waals surface area contributed by atoms with E-state index in [-0.39, 0.29) is 5.69 Å². The third-order valence-electron chi connectivity index (χ3n) is 3.30. The summed E-state index contributed by atoms with van der Waals surface area (Å²) in [5.74, 6) is -1.96. The molecule has 2 aromatic carbocycles. The van der Waals surface area contributed by atoms with Gasteiger partial charge in [-0.3, -0.25) is 9.48 Å². The minimum atomic E-state index is -0.811. The average molecular weight is 313 g/mol. The standard InChI is InChI=1S/C17H13F2N3O/c18-14-6-7-16(15(19)10-14)21-17(23)13-4-2-12(3-5-13)11-22-9-1-8-20-22/h1-10H,11H2,(H,21,23). The lowest BCUT2D eigenvalue weighted by Crippen LogP contribution is -2.13. The molecule has 0 spiro atoms. The van der Waals surface area contributed by atoms with Crippen LogP contribution in [-0.2, 0) is 6.54 Å². The number of benzene rings is 2. The van der Waals surface area contributed by atoms with E-state index in [1.54, 1.807) is 35.1 Å². The number of nitrogens with one attached hydrogen (secondary N) is 1. The van der Waals surface area contributed by atoms with E-state index in [4.69, 9.17) is 0 Å². The summed E-state index contributed by atoms with van der Waals surface area (Å²) in [6.07, 6.45) is 3.54. The number of rotatable bonds is 4. The van der Waals surface area contributed by atoms with Crippen LogP contribution in [0.3, 0.4) is 0 Å². The van der Waals surface area contributed by atoms with Crippen LogP contribution in [0.15, 0.2) is 60.9 Å². The molecule has 1 heterocycles. The minimum Gasteiger partial charge on any atom is -0.319 e. The smallest absolute Gasteiger partial charge is 0.255 e. The van der Waals surface area contributed by atoms with Crippen molar-refractivity contribution in [2.45, 2.75) is 6.54 Å². The highest BCUT2D eigenvalue weighted by molar-refractivity contribution is 6.04. The Kier molecular flexibility index (Phi) is 4.14. The lowest BCUT2D eigenvalue weighted by molar-refractivity contribution is 0.102. The van der Waals surface area contributed by atoms with E-state index >= 15 is 0 Å². The van der Waals surface area contributed by atoms with Gasteiger partial charge in [0.05, 0.1) is 12.2 Å². The maximum atomic E-state index is 13.5. The Morgan fingerprint density at radius 2 is 1.91 bits per heavy atom. The van der Waals surface area contributed by atoms with Crippen LogP contribution in [0.25, 0.3) is 0 Å². The second-order valence-corrected chi connectivity index (χ2v) is 4.98. The number of carbonyl (C=O) groups is 1. The van der Waals surface area contributed by atoms with Crippen LogP contribution in [-0.4, -0.2) is 15.7 Å². The van der Waals surface area contributed by atoms with Gasteiger partial charge in [-0.2, -0.15) is 5.10 Å². The Morgan fingerprint density at radius 3 is 2.57 bits per heavy atom. The highest BCUT2D eigenvalue weighted by atomic mass is 19.1. The summed E-state index contributed by atoms with van der Waals surface area (Å²) < 4.78 is 28.2. The van der Waals surface area contributed by atoms with Crippen molar-refractivity contribution in [3.63, 3.8) is 0 Å². The lowest BCUT2D eigenvalue weighted by Gasteiger charge is -2.07. The molecule has 1 aromatic heterocycles.